The van der Waals surface area contributed by atoms with Crippen molar-refractivity contribution in [3.8, 4) is 11.6 Å². The van der Waals surface area contributed by atoms with Crippen molar-refractivity contribution in [1.29, 1.82) is 0 Å². The van der Waals surface area contributed by atoms with Gasteiger partial charge in [0.05, 0.1) is 30.2 Å². The van der Waals surface area contributed by atoms with Crippen molar-refractivity contribution < 1.29 is 17.9 Å². The third kappa shape index (κ3) is 5.47. The number of sulfone groups is 1. The molecule has 1 unspecified atom stereocenters. The zero-order valence-corrected chi connectivity index (χ0v) is 24.2. The summed E-state index contributed by atoms with van der Waals surface area (Å²) >= 11 is 0. The third-order valence-electron chi connectivity index (χ3n) is 8.85. The summed E-state index contributed by atoms with van der Waals surface area (Å²) in [7, 11) is -2.93. The summed E-state index contributed by atoms with van der Waals surface area (Å²) in [5, 5.41) is 4.45. The lowest BCUT2D eigenvalue weighted by Crippen LogP contribution is -2.43. The van der Waals surface area contributed by atoms with Crippen LogP contribution in [0, 0.1) is 11.8 Å². The predicted octanol–water partition coefficient (Wildman–Crippen LogP) is 3.44. The summed E-state index contributed by atoms with van der Waals surface area (Å²) in [5.74, 6) is 3.80. The molecule has 0 spiro atoms. The van der Waals surface area contributed by atoms with E-state index in [1.807, 2.05) is 52.2 Å². The predicted molar refractivity (Wildman–Crippen MR) is 158 cm³/mol. The SMILES string of the molecule is O=C([C@H]1CC[C@H](Nc2nccc(-n3ccc4c(OCC5CCS(=O)(=O)C5)cccc43)n2)CC1)N1CCn2ccnc2C1. The van der Waals surface area contributed by atoms with E-state index >= 15 is 0 Å². The average Bonchev–Trinajstić information content (AvgIpc) is 3.74. The number of hydrogen-bond acceptors (Lipinski definition) is 8. The molecule has 1 saturated carbocycles. The summed E-state index contributed by atoms with van der Waals surface area (Å²) in [6.07, 6.45) is 11.6. The Bertz CT molecular complexity index is 1710. The lowest BCUT2D eigenvalue weighted by atomic mass is 9.85. The van der Waals surface area contributed by atoms with E-state index in [4.69, 9.17) is 9.72 Å². The summed E-state index contributed by atoms with van der Waals surface area (Å²) < 4.78 is 33.8. The van der Waals surface area contributed by atoms with Gasteiger partial charge in [-0.25, -0.2) is 18.4 Å². The molecule has 1 atom stereocenters. The maximum Gasteiger partial charge on any atom is 0.226 e. The van der Waals surface area contributed by atoms with E-state index in [9.17, 15) is 13.2 Å². The molecule has 7 rings (SSSR count). The van der Waals surface area contributed by atoms with Crippen LogP contribution in [0.4, 0.5) is 5.95 Å². The van der Waals surface area contributed by atoms with E-state index < -0.39 is 9.84 Å². The van der Waals surface area contributed by atoms with Gasteiger partial charge < -0.3 is 24.1 Å². The molecular weight excluding hydrogens is 554 g/mol. The molecule has 1 amide bonds. The molecule has 1 saturated heterocycles. The first-order chi connectivity index (χ1) is 20.4. The number of benzene rings is 1. The molecule has 0 bridgehead atoms. The zero-order chi connectivity index (χ0) is 28.7. The highest BCUT2D eigenvalue weighted by Gasteiger charge is 2.32. The minimum Gasteiger partial charge on any atom is -0.493 e. The second kappa shape index (κ2) is 11.0. The molecule has 1 aromatic carbocycles. The first kappa shape index (κ1) is 26.9. The fourth-order valence-corrected chi connectivity index (χ4v) is 8.36. The Morgan fingerprint density at radius 1 is 1.00 bits per heavy atom. The first-order valence-electron chi connectivity index (χ1n) is 14.7. The average molecular weight is 590 g/mol. The summed E-state index contributed by atoms with van der Waals surface area (Å²) in [6.45, 7) is 2.54. The van der Waals surface area contributed by atoms with Gasteiger partial charge in [-0.1, -0.05) is 6.07 Å². The Hall–Kier alpha value is -3.93. The van der Waals surface area contributed by atoms with Crippen LogP contribution < -0.4 is 10.1 Å². The minimum absolute atomic E-state index is 0.0335. The molecular formula is C30H35N7O4S. The number of anilines is 1. The van der Waals surface area contributed by atoms with Gasteiger partial charge in [0.1, 0.15) is 17.4 Å². The van der Waals surface area contributed by atoms with Crippen molar-refractivity contribution in [3.63, 3.8) is 0 Å². The quantitative estimate of drug-likeness (QED) is 0.348. The Morgan fingerprint density at radius 3 is 2.71 bits per heavy atom. The molecule has 3 aliphatic rings. The van der Waals surface area contributed by atoms with Gasteiger partial charge in [0.25, 0.3) is 0 Å². The van der Waals surface area contributed by atoms with Crippen molar-refractivity contribution >= 4 is 32.6 Å². The van der Waals surface area contributed by atoms with Crippen molar-refractivity contribution in [3.05, 3.63) is 60.9 Å². The van der Waals surface area contributed by atoms with Crippen LogP contribution in [0.25, 0.3) is 16.7 Å². The van der Waals surface area contributed by atoms with E-state index in [1.54, 1.807) is 12.4 Å². The van der Waals surface area contributed by atoms with Gasteiger partial charge in [-0.3, -0.25) is 4.79 Å². The fourth-order valence-electron chi connectivity index (χ4n) is 6.52. The molecule has 42 heavy (non-hydrogen) atoms. The minimum atomic E-state index is -2.93. The van der Waals surface area contributed by atoms with E-state index in [2.05, 4.69) is 19.9 Å². The van der Waals surface area contributed by atoms with Gasteiger partial charge in [0.2, 0.25) is 11.9 Å². The summed E-state index contributed by atoms with van der Waals surface area (Å²) in [5.41, 5.74) is 0.954. The number of hydrogen-bond donors (Lipinski definition) is 1. The highest BCUT2D eigenvalue weighted by atomic mass is 32.2. The summed E-state index contributed by atoms with van der Waals surface area (Å²) in [6, 6.07) is 9.97. The zero-order valence-electron chi connectivity index (χ0n) is 23.4. The second-order valence-electron chi connectivity index (χ2n) is 11.7. The molecule has 1 aliphatic carbocycles. The molecule has 5 heterocycles. The Labute approximate surface area is 244 Å². The number of nitrogens with zero attached hydrogens (tertiary/aromatic N) is 6. The number of rotatable bonds is 7. The molecule has 12 heteroatoms. The lowest BCUT2D eigenvalue weighted by molar-refractivity contribution is -0.138. The Kier molecular flexibility index (Phi) is 7.09. The molecule has 4 aromatic rings. The van der Waals surface area contributed by atoms with Crippen LogP contribution in [-0.2, 0) is 27.7 Å². The number of carbonyl (C=O) groups excluding carboxylic acids is 1. The van der Waals surface area contributed by atoms with Gasteiger partial charge in [0.15, 0.2) is 9.84 Å². The van der Waals surface area contributed by atoms with Crippen molar-refractivity contribution in [1.82, 2.24) is 29.0 Å². The number of amides is 1. The molecule has 2 aliphatic heterocycles. The maximum atomic E-state index is 13.2. The molecule has 1 N–H and O–H groups in total. The lowest BCUT2D eigenvalue weighted by Gasteiger charge is -2.34. The number of fused-ring (bicyclic) bond motifs is 2. The third-order valence-corrected chi connectivity index (χ3v) is 10.7. The first-order valence-corrected chi connectivity index (χ1v) is 16.6. The molecule has 0 radical (unpaired) electrons. The van der Waals surface area contributed by atoms with Crippen LogP contribution in [0.5, 0.6) is 5.75 Å². The van der Waals surface area contributed by atoms with Gasteiger partial charge in [-0.05, 0) is 56.4 Å². The van der Waals surface area contributed by atoms with Gasteiger partial charge in [-0.2, -0.15) is 4.98 Å². The van der Waals surface area contributed by atoms with Crippen molar-refractivity contribution in [2.45, 2.75) is 51.2 Å². The van der Waals surface area contributed by atoms with Gasteiger partial charge >= 0.3 is 0 Å². The summed E-state index contributed by atoms with van der Waals surface area (Å²) in [4.78, 5) is 28.8. The van der Waals surface area contributed by atoms with Crippen LogP contribution in [-0.4, -0.2) is 74.0 Å². The fraction of sp³-hybridized carbons (Fsp3) is 0.467. The number of imidazole rings is 1. The highest BCUT2D eigenvalue weighted by molar-refractivity contribution is 7.91. The van der Waals surface area contributed by atoms with Crippen LogP contribution in [0.3, 0.4) is 0 Å². The van der Waals surface area contributed by atoms with Crippen LogP contribution in [0.2, 0.25) is 0 Å². The monoisotopic (exact) mass is 589 g/mol. The highest BCUT2D eigenvalue weighted by Crippen LogP contribution is 2.31. The van der Waals surface area contributed by atoms with E-state index in [-0.39, 0.29) is 35.3 Å². The number of ether oxygens (including phenoxy) is 1. The maximum absolute atomic E-state index is 13.2. The molecule has 2 fully saturated rings. The van der Waals surface area contributed by atoms with Gasteiger partial charge in [0, 0.05) is 61.1 Å². The van der Waals surface area contributed by atoms with E-state index in [0.717, 1.165) is 67.1 Å². The van der Waals surface area contributed by atoms with Crippen LogP contribution in [0.1, 0.15) is 37.9 Å². The smallest absolute Gasteiger partial charge is 0.226 e. The molecule has 220 valence electrons. The van der Waals surface area contributed by atoms with Gasteiger partial charge in [-0.15, -0.1) is 0 Å². The number of carbonyl (C=O) groups is 1. The normalized spacial score (nSPS) is 23.5. The topological polar surface area (TPSA) is 124 Å². The van der Waals surface area contributed by atoms with Crippen LogP contribution in [0.15, 0.2) is 55.1 Å². The number of aromatic nitrogens is 5. The standard InChI is InChI=1S/C30H35N7O4S/c38-29(36-16-15-35-14-12-31-28(35)18-36)22-4-6-23(7-5-22)33-30-32-11-8-27(34-30)37-13-9-24-25(37)2-1-3-26(24)41-19-21-10-17-42(39,40)20-21/h1-3,8-9,11-14,21-23H,4-7,10,15-20H2,(H,32,33,34)/t21?,22-,23-. The Balaban J connectivity index is 0.977. The Morgan fingerprint density at radius 2 is 1.88 bits per heavy atom. The van der Waals surface area contributed by atoms with E-state index in [0.29, 0.717) is 25.5 Å². The molecule has 3 aromatic heterocycles. The van der Waals surface area contributed by atoms with Crippen LogP contribution >= 0.6 is 0 Å². The molecule has 11 nitrogen and oxygen atoms in total. The van der Waals surface area contributed by atoms with Crippen molar-refractivity contribution in [2.75, 3.05) is 30.0 Å². The number of nitrogens with one attached hydrogen (secondary N) is 1. The second-order valence-corrected chi connectivity index (χ2v) is 13.9. The largest absolute Gasteiger partial charge is 0.493 e. The van der Waals surface area contributed by atoms with E-state index in [1.165, 1.54) is 0 Å². The van der Waals surface area contributed by atoms with Crippen molar-refractivity contribution in [2.24, 2.45) is 11.8 Å².